The molecular weight excluding hydrogens is 252 g/mol. The van der Waals surface area contributed by atoms with Crippen molar-refractivity contribution in [2.24, 2.45) is 0 Å². The van der Waals surface area contributed by atoms with Gasteiger partial charge in [0.05, 0.1) is 0 Å². The first-order valence-corrected chi connectivity index (χ1v) is 7.98. The Labute approximate surface area is 119 Å². The molecule has 3 heteroatoms. The van der Waals surface area contributed by atoms with Crippen molar-refractivity contribution >= 4 is 17.0 Å². The number of nitrogens with one attached hydrogen (secondary N) is 1. The van der Waals surface area contributed by atoms with E-state index in [0.29, 0.717) is 6.04 Å². The summed E-state index contributed by atoms with van der Waals surface area (Å²) < 4.78 is 0. The first kappa shape index (κ1) is 14.1. The van der Waals surface area contributed by atoms with Gasteiger partial charge in [0.15, 0.2) is 0 Å². The van der Waals surface area contributed by atoms with Crippen LogP contribution in [-0.2, 0) is 0 Å². The highest BCUT2D eigenvalue weighted by molar-refractivity contribution is 7.13. The molecule has 2 rings (SSSR count). The van der Waals surface area contributed by atoms with Crippen LogP contribution in [0, 0.1) is 0 Å². The number of nitrogens with zero attached hydrogens (tertiary/aromatic N) is 1. The van der Waals surface area contributed by atoms with Crippen molar-refractivity contribution in [1.29, 1.82) is 0 Å². The molecule has 1 atom stereocenters. The van der Waals surface area contributed by atoms with E-state index >= 15 is 0 Å². The molecule has 0 fully saturated rings. The number of benzene rings is 1. The van der Waals surface area contributed by atoms with Gasteiger partial charge in [0, 0.05) is 28.9 Å². The molecule has 19 heavy (non-hydrogen) atoms. The van der Waals surface area contributed by atoms with E-state index in [4.69, 9.17) is 0 Å². The number of thiazole rings is 1. The van der Waals surface area contributed by atoms with E-state index < -0.39 is 0 Å². The van der Waals surface area contributed by atoms with Crippen molar-refractivity contribution in [3.05, 3.63) is 35.8 Å². The summed E-state index contributed by atoms with van der Waals surface area (Å²) >= 11 is 1.68. The smallest absolute Gasteiger partial charge is 0.123 e. The van der Waals surface area contributed by atoms with Crippen LogP contribution in [0.1, 0.15) is 39.5 Å². The van der Waals surface area contributed by atoms with Crippen molar-refractivity contribution in [3.8, 4) is 10.6 Å². The summed E-state index contributed by atoms with van der Waals surface area (Å²) in [5, 5.41) is 6.72. The monoisotopic (exact) mass is 274 g/mol. The Morgan fingerprint density at radius 1 is 1.21 bits per heavy atom. The lowest BCUT2D eigenvalue weighted by atomic mass is 10.1. The number of anilines is 1. The summed E-state index contributed by atoms with van der Waals surface area (Å²) in [4.78, 5) is 4.33. The highest BCUT2D eigenvalue weighted by atomic mass is 32.1. The molecule has 0 saturated heterocycles. The fraction of sp³-hybridized carbons (Fsp3) is 0.438. The topological polar surface area (TPSA) is 24.9 Å². The van der Waals surface area contributed by atoms with Gasteiger partial charge in [-0.3, -0.25) is 0 Å². The van der Waals surface area contributed by atoms with Crippen molar-refractivity contribution in [2.45, 2.75) is 45.6 Å². The van der Waals surface area contributed by atoms with E-state index in [0.717, 1.165) is 5.01 Å². The number of hydrogen-bond acceptors (Lipinski definition) is 3. The van der Waals surface area contributed by atoms with Crippen molar-refractivity contribution in [2.75, 3.05) is 5.32 Å². The second-order valence-corrected chi connectivity index (χ2v) is 5.70. The van der Waals surface area contributed by atoms with Gasteiger partial charge in [0.25, 0.3) is 0 Å². The molecule has 102 valence electrons. The summed E-state index contributed by atoms with van der Waals surface area (Å²) in [6, 6.07) is 9.20. The zero-order valence-corrected chi connectivity index (χ0v) is 12.5. The molecular formula is C16H22N2S. The average Bonchev–Trinajstić information content (AvgIpc) is 2.98. The molecule has 1 aromatic carbocycles. The van der Waals surface area contributed by atoms with Gasteiger partial charge in [-0.05, 0) is 37.1 Å². The minimum Gasteiger partial charge on any atom is -0.382 e. The minimum atomic E-state index is 0.589. The molecule has 1 heterocycles. The van der Waals surface area contributed by atoms with E-state index in [-0.39, 0.29) is 0 Å². The first-order valence-electron chi connectivity index (χ1n) is 7.10. The second-order valence-electron chi connectivity index (χ2n) is 4.81. The molecule has 2 nitrogen and oxygen atoms in total. The number of rotatable bonds is 7. The number of hydrogen-bond donors (Lipinski definition) is 1. The average molecular weight is 274 g/mol. The molecule has 2 aromatic rings. The molecule has 0 spiro atoms. The van der Waals surface area contributed by atoms with Crippen LogP contribution in [0.4, 0.5) is 5.69 Å². The van der Waals surface area contributed by atoms with Crippen LogP contribution in [0.25, 0.3) is 10.6 Å². The summed E-state index contributed by atoms with van der Waals surface area (Å²) in [6.45, 7) is 4.49. The Hall–Kier alpha value is -1.35. The van der Waals surface area contributed by atoms with Crippen LogP contribution in [0.3, 0.4) is 0 Å². The van der Waals surface area contributed by atoms with Crippen molar-refractivity contribution in [1.82, 2.24) is 4.98 Å². The van der Waals surface area contributed by atoms with Gasteiger partial charge < -0.3 is 5.32 Å². The van der Waals surface area contributed by atoms with E-state index in [1.54, 1.807) is 11.3 Å². The lowest BCUT2D eigenvalue weighted by molar-refractivity contribution is 0.593. The largest absolute Gasteiger partial charge is 0.382 e. The van der Waals surface area contributed by atoms with Crippen LogP contribution in [0.5, 0.6) is 0 Å². The Morgan fingerprint density at radius 3 is 2.58 bits per heavy atom. The van der Waals surface area contributed by atoms with Gasteiger partial charge in [-0.2, -0.15) is 0 Å². The fourth-order valence-corrected chi connectivity index (χ4v) is 2.78. The maximum Gasteiger partial charge on any atom is 0.123 e. The fourth-order valence-electron chi connectivity index (χ4n) is 2.14. The summed E-state index contributed by atoms with van der Waals surface area (Å²) in [7, 11) is 0. The summed E-state index contributed by atoms with van der Waals surface area (Å²) in [5.74, 6) is 0. The first-order chi connectivity index (χ1) is 9.33. The van der Waals surface area contributed by atoms with Crippen molar-refractivity contribution in [3.63, 3.8) is 0 Å². The molecule has 0 bridgehead atoms. The van der Waals surface area contributed by atoms with E-state index in [2.05, 4.69) is 48.4 Å². The van der Waals surface area contributed by atoms with Crippen LogP contribution in [-0.4, -0.2) is 11.0 Å². The molecule has 1 unspecified atom stereocenters. The van der Waals surface area contributed by atoms with E-state index in [1.165, 1.54) is 36.9 Å². The third-order valence-electron chi connectivity index (χ3n) is 3.33. The van der Waals surface area contributed by atoms with E-state index in [1.807, 2.05) is 11.6 Å². The highest BCUT2D eigenvalue weighted by Gasteiger charge is 2.06. The molecule has 0 aliphatic carbocycles. The third kappa shape index (κ3) is 4.06. The van der Waals surface area contributed by atoms with E-state index in [9.17, 15) is 0 Å². The van der Waals surface area contributed by atoms with Gasteiger partial charge >= 0.3 is 0 Å². The molecule has 0 saturated carbocycles. The van der Waals surface area contributed by atoms with Crippen LogP contribution >= 0.6 is 11.3 Å². The maximum atomic E-state index is 4.33. The number of unbranched alkanes of at least 4 members (excludes halogenated alkanes) is 1. The number of aromatic nitrogens is 1. The van der Waals surface area contributed by atoms with Gasteiger partial charge in [-0.15, -0.1) is 11.3 Å². The molecule has 0 amide bonds. The Bertz CT molecular complexity index is 462. The second kappa shape index (κ2) is 7.29. The van der Waals surface area contributed by atoms with Crippen LogP contribution in [0.2, 0.25) is 0 Å². The van der Waals surface area contributed by atoms with Gasteiger partial charge in [0.2, 0.25) is 0 Å². The summed E-state index contributed by atoms with van der Waals surface area (Å²) in [6.07, 6.45) is 6.84. The quantitative estimate of drug-likeness (QED) is 0.751. The van der Waals surface area contributed by atoms with Crippen LogP contribution in [0.15, 0.2) is 35.8 Å². The standard InChI is InChI=1S/C16H22N2S/c1-3-5-6-14(4-2)18-15-9-7-13(8-10-15)16-17-11-12-19-16/h7-12,14,18H,3-6H2,1-2H3. The predicted molar refractivity (Wildman–Crippen MR) is 84.8 cm³/mol. The molecule has 0 aliphatic heterocycles. The highest BCUT2D eigenvalue weighted by Crippen LogP contribution is 2.24. The van der Waals surface area contributed by atoms with Gasteiger partial charge in [-0.1, -0.05) is 26.7 Å². The van der Waals surface area contributed by atoms with Gasteiger partial charge in [-0.25, -0.2) is 4.98 Å². The summed E-state index contributed by atoms with van der Waals surface area (Å²) in [5.41, 5.74) is 2.41. The lowest BCUT2D eigenvalue weighted by Gasteiger charge is -2.18. The van der Waals surface area contributed by atoms with Crippen molar-refractivity contribution < 1.29 is 0 Å². The Morgan fingerprint density at radius 2 is 2.00 bits per heavy atom. The molecule has 1 aromatic heterocycles. The maximum absolute atomic E-state index is 4.33. The molecule has 0 aliphatic rings. The van der Waals surface area contributed by atoms with Gasteiger partial charge in [0.1, 0.15) is 5.01 Å². The molecule has 0 radical (unpaired) electrons. The Balaban J connectivity index is 1.98. The van der Waals surface area contributed by atoms with Crippen LogP contribution < -0.4 is 5.32 Å². The predicted octanol–water partition coefficient (Wildman–Crippen LogP) is 5.19. The third-order valence-corrected chi connectivity index (χ3v) is 4.16. The minimum absolute atomic E-state index is 0.589. The normalized spacial score (nSPS) is 12.3. The zero-order valence-electron chi connectivity index (χ0n) is 11.7. The Kier molecular flexibility index (Phi) is 5.40. The zero-order chi connectivity index (χ0) is 13.5. The SMILES string of the molecule is CCCCC(CC)Nc1ccc(-c2nccs2)cc1. The molecule has 1 N–H and O–H groups in total. The lowest BCUT2D eigenvalue weighted by Crippen LogP contribution is -2.18.